The van der Waals surface area contributed by atoms with Gasteiger partial charge in [0.15, 0.2) is 0 Å². The fraction of sp³-hybridized carbons (Fsp3) is 0.462. The molecule has 2 rings (SSSR count). The SMILES string of the molecule is O=C(NCC[C@@H](O)C1CC1)Nc1ccc(Cl)c(Cl)c1. The number of nitrogens with one attached hydrogen (secondary N) is 2. The number of hydrogen-bond donors (Lipinski definition) is 3. The van der Waals surface area contributed by atoms with Gasteiger partial charge in [-0.05, 0) is 43.4 Å². The molecular formula is C13H16Cl2N2O2. The molecule has 1 aromatic rings. The summed E-state index contributed by atoms with van der Waals surface area (Å²) in [6.45, 7) is 0.449. The second-order valence-electron chi connectivity index (χ2n) is 4.70. The second-order valence-corrected chi connectivity index (χ2v) is 5.52. The van der Waals surface area contributed by atoms with Gasteiger partial charge < -0.3 is 15.7 Å². The molecule has 2 amide bonds. The van der Waals surface area contributed by atoms with E-state index in [9.17, 15) is 9.90 Å². The van der Waals surface area contributed by atoms with Gasteiger partial charge in [-0.25, -0.2) is 4.79 Å². The molecule has 1 aliphatic carbocycles. The average Bonchev–Trinajstić information content (AvgIpc) is 3.18. The molecule has 1 saturated carbocycles. The first-order chi connectivity index (χ1) is 9.06. The molecule has 0 aromatic heterocycles. The molecule has 1 aromatic carbocycles. The number of amides is 2. The van der Waals surface area contributed by atoms with Crippen molar-refractivity contribution in [3.8, 4) is 0 Å². The number of aliphatic hydroxyl groups is 1. The quantitative estimate of drug-likeness (QED) is 0.781. The third-order valence-electron chi connectivity index (χ3n) is 3.07. The number of halogens is 2. The Morgan fingerprint density at radius 3 is 2.74 bits per heavy atom. The van der Waals surface area contributed by atoms with Gasteiger partial charge in [0.05, 0.1) is 16.1 Å². The van der Waals surface area contributed by atoms with Gasteiger partial charge in [0.2, 0.25) is 0 Å². The van der Waals surface area contributed by atoms with Crippen molar-refractivity contribution in [1.29, 1.82) is 0 Å². The zero-order valence-corrected chi connectivity index (χ0v) is 11.8. The summed E-state index contributed by atoms with van der Waals surface area (Å²) in [5.74, 6) is 0.430. The lowest BCUT2D eigenvalue weighted by molar-refractivity contribution is 0.142. The Balaban J connectivity index is 1.72. The summed E-state index contributed by atoms with van der Waals surface area (Å²) in [6.07, 6.45) is 2.47. The molecule has 0 heterocycles. The topological polar surface area (TPSA) is 61.4 Å². The van der Waals surface area contributed by atoms with Gasteiger partial charge in [-0.1, -0.05) is 23.2 Å². The van der Waals surface area contributed by atoms with Crippen molar-refractivity contribution in [3.05, 3.63) is 28.2 Å². The lowest BCUT2D eigenvalue weighted by Crippen LogP contribution is -2.31. The van der Waals surface area contributed by atoms with Crippen molar-refractivity contribution < 1.29 is 9.90 Å². The number of carbonyl (C=O) groups is 1. The number of anilines is 1. The highest BCUT2D eigenvalue weighted by Gasteiger charge is 2.29. The highest BCUT2D eigenvalue weighted by molar-refractivity contribution is 6.42. The van der Waals surface area contributed by atoms with Crippen molar-refractivity contribution in [2.75, 3.05) is 11.9 Å². The van der Waals surface area contributed by atoms with Gasteiger partial charge in [-0.3, -0.25) is 0 Å². The van der Waals surface area contributed by atoms with E-state index in [2.05, 4.69) is 10.6 Å². The van der Waals surface area contributed by atoms with E-state index in [4.69, 9.17) is 23.2 Å². The van der Waals surface area contributed by atoms with Crippen LogP contribution in [-0.2, 0) is 0 Å². The molecule has 0 spiro atoms. The van der Waals surface area contributed by atoms with Gasteiger partial charge in [-0.15, -0.1) is 0 Å². The number of rotatable bonds is 5. The van der Waals surface area contributed by atoms with Crippen LogP contribution in [0.3, 0.4) is 0 Å². The van der Waals surface area contributed by atoms with Crippen LogP contribution in [0.5, 0.6) is 0 Å². The van der Waals surface area contributed by atoms with Crippen LogP contribution in [0.4, 0.5) is 10.5 Å². The summed E-state index contributed by atoms with van der Waals surface area (Å²) >= 11 is 11.6. The molecular weight excluding hydrogens is 287 g/mol. The van der Waals surface area contributed by atoms with E-state index in [0.717, 1.165) is 12.8 Å². The van der Waals surface area contributed by atoms with E-state index >= 15 is 0 Å². The van der Waals surface area contributed by atoms with Gasteiger partial charge in [0.25, 0.3) is 0 Å². The van der Waals surface area contributed by atoms with E-state index in [0.29, 0.717) is 34.6 Å². The minimum absolute atomic E-state index is 0.301. The first kappa shape index (κ1) is 14.4. The van der Waals surface area contributed by atoms with Crippen LogP contribution in [0.1, 0.15) is 19.3 Å². The van der Waals surface area contributed by atoms with Crippen LogP contribution in [-0.4, -0.2) is 23.8 Å². The maximum absolute atomic E-state index is 11.6. The fourth-order valence-electron chi connectivity index (χ4n) is 1.80. The molecule has 0 radical (unpaired) electrons. The minimum atomic E-state index is -0.318. The summed E-state index contributed by atoms with van der Waals surface area (Å²) < 4.78 is 0. The highest BCUT2D eigenvalue weighted by Crippen LogP contribution is 2.33. The Morgan fingerprint density at radius 2 is 2.11 bits per heavy atom. The Kier molecular flexibility index (Phi) is 4.91. The first-order valence-electron chi connectivity index (χ1n) is 6.24. The van der Waals surface area contributed by atoms with E-state index in [-0.39, 0.29) is 12.1 Å². The van der Waals surface area contributed by atoms with Crippen LogP contribution in [0.15, 0.2) is 18.2 Å². The molecule has 6 heteroatoms. The zero-order chi connectivity index (χ0) is 13.8. The summed E-state index contributed by atoms with van der Waals surface area (Å²) in [4.78, 5) is 11.6. The lowest BCUT2D eigenvalue weighted by atomic mass is 10.2. The largest absolute Gasteiger partial charge is 0.393 e. The third kappa shape index (κ3) is 4.56. The molecule has 1 atom stereocenters. The minimum Gasteiger partial charge on any atom is -0.393 e. The Hall–Kier alpha value is -0.970. The molecule has 3 N–H and O–H groups in total. The van der Waals surface area contributed by atoms with Crippen LogP contribution in [0, 0.1) is 5.92 Å². The number of carbonyl (C=O) groups excluding carboxylic acids is 1. The van der Waals surface area contributed by atoms with Crippen molar-refractivity contribution >= 4 is 34.9 Å². The number of aliphatic hydroxyl groups excluding tert-OH is 1. The third-order valence-corrected chi connectivity index (χ3v) is 3.81. The molecule has 1 aliphatic rings. The molecule has 0 saturated heterocycles. The second kappa shape index (κ2) is 6.46. The number of urea groups is 1. The summed E-state index contributed by atoms with van der Waals surface area (Å²) in [5.41, 5.74) is 0.578. The zero-order valence-electron chi connectivity index (χ0n) is 10.3. The van der Waals surface area contributed by atoms with Gasteiger partial charge in [-0.2, -0.15) is 0 Å². The van der Waals surface area contributed by atoms with Crippen LogP contribution >= 0.6 is 23.2 Å². The molecule has 1 fully saturated rings. The van der Waals surface area contributed by atoms with Crippen LogP contribution < -0.4 is 10.6 Å². The molecule has 4 nitrogen and oxygen atoms in total. The Bertz CT molecular complexity index is 464. The molecule has 0 aliphatic heterocycles. The highest BCUT2D eigenvalue weighted by atomic mass is 35.5. The summed E-state index contributed by atoms with van der Waals surface area (Å²) in [6, 6.07) is 4.56. The molecule has 0 bridgehead atoms. The molecule has 104 valence electrons. The smallest absolute Gasteiger partial charge is 0.319 e. The average molecular weight is 303 g/mol. The number of benzene rings is 1. The standard InChI is InChI=1S/C13H16Cl2N2O2/c14-10-4-3-9(7-11(10)15)17-13(19)16-6-5-12(18)8-1-2-8/h3-4,7-8,12,18H,1-2,5-6H2,(H2,16,17,19)/t12-/m1/s1. The van der Waals surface area contributed by atoms with E-state index in [1.807, 2.05) is 0 Å². The predicted octanol–water partition coefficient (Wildman–Crippen LogP) is 3.28. The first-order valence-corrected chi connectivity index (χ1v) is 7.00. The Labute approximate surface area is 122 Å². The van der Waals surface area contributed by atoms with Gasteiger partial charge >= 0.3 is 6.03 Å². The van der Waals surface area contributed by atoms with Crippen LogP contribution in [0.25, 0.3) is 0 Å². The van der Waals surface area contributed by atoms with Crippen molar-refractivity contribution in [2.24, 2.45) is 5.92 Å². The molecule has 0 unspecified atom stereocenters. The predicted molar refractivity (Wildman–Crippen MR) is 76.8 cm³/mol. The summed E-state index contributed by atoms with van der Waals surface area (Å²) in [7, 11) is 0. The van der Waals surface area contributed by atoms with Gasteiger partial charge in [0.1, 0.15) is 0 Å². The van der Waals surface area contributed by atoms with Crippen molar-refractivity contribution in [2.45, 2.75) is 25.4 Å². The summed E-state index contributed by atoms with van der Waals surface area (Å²) in [5, 5.41) is 15.8. The maximum atomic E-state index is 11.6. The Morgan fingerprint density at radius 1 is 1.37 bits per heavy atom. The number of hydrogen-bond acceptors (Lipinski definition) is 2. The monoisotopic (exact) mass is 302 g/mol. The fourth-order valence-corrected chi connectivity index (χ4v) is 2.10. The van der Waals surface area contributed by atoms with E-state index < -0.39 is 0 Å². The molecule has 19 heavy (non-hydrogen) atoms. The van der Waals surface area contributed by atoms with E-state index in [1.54, 1.807) is 18.2 Å². The van der Waals surface area contributed by atoms with E-state index in [1.165, 1.54) is 0 Å². The maximum Gasteiger partial charge on any atom is 0.319 e. The normalized spacial score (nSPS) is 15.9. The van der Waals surface area contributed by atoms with Crippen LogP contribution in [0.2, 0.25) is 10.0 Å². The lowest BCUT2D eigenvalue weighted by Gasteiger charge is -2.11. The van der Waals surface area contributed by atoms with Gasteiger partial charge in [0, 0.05) is 12.2 Å². The van der Waals surface area contributed by atoms with Crippen molar-refractivity contribution in [3.63, 3.8) is 0 Å². The van der Waals surface area contributed by atoms with Crippen molar-refractivity contribution in [1.82, 2.24) is 5.32 Å².